The number of anilines is 1. The maximum Gasteiger partial charge on any atom is 0.421 e. The average Bonchev–Trinajstić information content (AvgIpc) is 2.63. The zero-order valence-corrected chi connectivity index (χ0v) is 15.8. The van der Waals surface area contributed by atoms with Crippen molar-refractivity contribution in [3.05, 3.63) is 29.8 Å². The lowest BCUT2D eigenvalue weighted by Crippen LogP contribution is -2.58. The molecule has 2 heterocycles. The number of halogens is 3. The first kappa shape index (κ1) is 20.4. The molecule has 2 fully saturated rings. The first-order chi connectivity index (χ1) is 12.7. The second kappa shape index (κ2) is 7.95. The number of nitrogens with one attached hydrogen (secondary N) is 1. The molecule has 0 spiro atoms. The minimum atomic E-state index is -4.71. The number of aliphatic hydroxyl groups is 1. The number of alkyl halides is 3. The molecule has 0 aromatic heterocycles. The number of rotatable bonds is 4. The molecule has 1 aromatic carbocycles. The molecule has 1 aromatic rings. The first-order valence-electron chi connectivity index (χ1n) is 9.39. The quantitative estimate of drug-likeness (QED) is 0.827. The van der Waals surface area contributed by atoms with Crippen molar-refractivity contribution >= 4 is 5.69 Å². The molecule has 1 unspecified atom stereocenters. The van der Waals surface area contributed by atoms with Gasteiger partial charge in [0.15, 0.2) is 5.60 Å². The smallest absolute Gasteiger partial charge is 0.379 e. The Balaban J connectivity index is 1.75. The molecular weight excluding hydrogens is 359 g/mol. The lowest BCUT2D eigenvalue weighted by atomic mass is 9.95. The van der Waals surface area contributed by atoms with Gasteiger partial charge in [0.1, 0.15) is 0 Å². The van der Waals surface area contributed by atoms with E-state index in [1.165, 1.54) is 12.1 Å². The summed E-state index contributed by atoms with van der Waals surface area (Å²) in [5.74, 6) is 0. The van der Waals surface area contributed by atoms with Gasteiger partial charge in [-0.2, -0.15) is 13.2 Å². The van der Waals surface area contributed by atoms with Gasteiger partial charge in [-0.1, -0.05) is 12.1 Å². The Labute approximate surface area is 158 Å². The number of piperazine rings is 1. The van der Waals surface area contributed by atoms with Crippen LogP contribution in [0.15, 0.2) is 24.3 Å². The largest absolute Gasteiger partial charge is 0.421 e. The van der Waals surface area contributed by atoms with Gasteiger partial charge < -0.3 is 20.1 Å². The number of ether oxygens (including phenoxy) is 1. The number of hydrogen-bond acceptors (Lipinski definition) is 5. The number of hydrogen-bond donors (Lipinski definition) is 2. The van der Waals surface area contributed by atoms with E-state index in [0.717, 1.165) is 58.5 Å². The maximum atomic E-state index is 13.0. The molecule has 0 amide bonds. The Bertz CT molecular complexity index is 622. The summed E-state index contributed by atoms with van der Waals surface area (Å²) in [7, 11) is 0. The van der Waals surface area contributed by atoms with Crippen LogP contribution in [0.25, 0.3) is 0 Å². The van der Waals surface area contributed by atoms with Crippen LogP contribution in [0.5, 0.6) is 0 Å². The molecule has 2 saturated heterocycles. The van der Waals surface area contributed by atoms with E-state index in [2.05, 4.69) is 22.0 Å². The highest BCUT2D eigenvalue weighted by Crippen LogP contribution is 2.39. The Hall–Kier alpha value is -1.35. The third kappa shape index (κ3) is 4.39. The summed E-state index contributed by atoms with van der Waals surface area (Å²) in [4.78, 5) is 4.64. The molecule has 8 heteroatoms. The summed E-state index contributed by atoms with van der Waals surface area (Å²) in [6.45, 7) is 8.59. The summed E-state index contributed by atoms with van der Waals surface area (Å²) >= 11 is 0. The second-order valence-electron chi connectivity index (χ2n) is 7.59. The molecule has 27 heavy (non-hydrogen) atoms. The predicted molar refractivity (Wildman–Crippen MR) is 97.9 cm³/mol. The third-order valence-electron chi connectivity index (χ3n) is 5.61. The van der Waals surface area contributed by atoms with Gasteiger partial charge in [-0.15, -0.1) is 0 Å². The van der Waals surface area contributed by atoms with Crippen LogP contribution in [0, 0.1) is 0 Å². The van der Waals surface area contributed by atoms with E-state index >= 15 is 0 Å². The van der Waals surface area contributed by atoms with E-state index in [9.17, 15) is 18.3 Å². The van der Waals surface area contributed by atoms with Gasteiger partial charge in [-0.05, 0) is 31.5 Å². The van der Waals surface area contributed by atoms with E-state index < -0.39 is 11.8 Å². The number of morpholine rings is 1. The van der Waals surface area contributed by atoms with Gasteiger partial charge in [-0.3, -0.25) is 4.90 Å². The van der Waals surface area contributed by atoms with Crippen molar-refractivity contribution < 1.29 is 23.0 Å². The second-order valence-corrected chi connectivity index (χ2v) is 7.59. The molecule has 0 radical (unpaired) electrons. The van der Waals surface area contributed by atoms with E-state index in [0.29, 0.717) is 6.04 Å². The topological polar surface area (TPSA) is 48.0 Å². The monoisotopic (exact) mass is 387 g/mol. The highest BCUT2D eigenvalue weighted by Gasteiger charge is 2.51. The third-order valence-corrected chi connectivity index (χ3v) is 5.61. The van der Waals surface area contributed by atoms with Gasteiger partial charge in [0.25, 0.3) is 0 Å². The van der Waals surface area contributed by atoms with Crippen LogP contribution in [0.4, 0.5) is 18.9 Å². The van der Waals surface area contributed by atoms with Gasteiger partial charge in [0, 0.05) is 44.5 Å². The van der Waals surface area contributed by atoms with E-state index in [4.69, 9.17) is 4.74 Å². The zero-order chi connectivity index (χ0) is 19.7. The fourth-order valence-electron chi connectivity index (χ4n) is 3.71. The minimum Gasteiger partial charge on any atom is -0.379 e. The van der Waals surface area contributed by atoms with Gasteiger partial charge >= 0.3 is 6.18 Å². The molecule has 2 N–H and O–H groups in total. The number of nitrogens with zero attached hydrogens (tertiary/aromatic N) is 2. The molecular formula is C19H28F3N3O2. The van der Waals surface area contributed by atoms with Gasteiger partial charge in [0.05, 0.1) is 19.3 Å². The fraction of sp³-hybridized carbons (Fsp3) is 0.684. The Morgan fingerprint density at radius 1 is 1.22 bits per heavy atom. The van der Waals surface area contributed by atoms with E-state index in [1.54, 1.807) is 12.1 Å². The summed E-state index contributed by atoms with van der Waals surface area (Å²) in [5, 5.41) is 13.3. The van der Waals surface area contributed by atoms with Crippen molar-refractivity contribution in [2.75, 3.05) is 50.8 Å². The molecule has 2 aliphatic rings. The van der Waals surface area contributed by atoms with Crippen molar-refractivity contribution in [2.45, 2.75) is 37.7 Å². The first-order valence-corrected chi connectivity index (χ1v) is 9.39. The normalized spacial score (nSPS) is 27.4. The summed E-state index contributed by atoms with van der Waals surface area (Å²) in [6.07, 6.45) is -4.71. The van der Waals surface area contributed by atoms with Crippen LogP contribution in [-0.4, -0.2) is 74.2 Å². The Morgan fingerprint density at radius 3 is 2.56 bits per heavy atom. The standard InChI is InChI=1S/C19H28F3N3O2/c1-14-13-27-10-9-24(14)12-17-11-23-7-8-25(17)16-5-3-15(4-6-16)18(2,26)19(20,21)22/h3-6,14,17,23,26H,7-13H2,1-2H3/t14-,17+,18?/m0/s1. The molecule has 0 saturated carbocycles. The summed E-state index contributed by atoms with van der Waals surface area (Å²) < 4.78 is 44.6. The molecule has 5 nitrogen and oxygen atoms in total. The maximum absolute atomic E-state index is 13.0. The van der Waals surface area contributed by atoms with Crippen LogP contribution in [0.1, 0.15) is 19.4 Å². The van der Waals surface area contributed by atoms with Crippen molar-refractivity contribution in [1.29, 1.82) is 0 Å². The van der Waals surface area contributed by atoms with Crippen molar-refractivity contribution in [3.8, 4) is 0 Å². The van der Waals surface area contributed by atoms with Gasteiger partial charge in [0.2, 0.25) is 0 Å². The highest BCUT2D eigenvalue weighted by atomic mass is 19.4. The Kier molecular flexibility index (Phi) is 6.00. The molecule has 152 valence electrons. The van der Waals surface area contributed by atoms with Crippen LogP contribution >= 0.6 is 0 Å². The molecule has 0 bridgehead atoms. The van der Waals surface area contributed by atoms with E-state index in [1.807, 2.05) is 0 Å². The SMILES string of the molecule is C[C@H]1COCCN1C[C@H]1CNCCN1c1ccc(C(C)(O)C(F)(F)F)cc1. The lowest BCUT2D eigenvalue weighted by molar-refractivity contribution is -0.258. The minimum absolute atomic E-state index is 0.146. The summed E-state index contributed by atoms with van der Waals surface area (Å²) in [6, 6.07) is 6.69. The van der Waals surface area contributed by atoms with Crippen molar-refractivity contribution in [2.24, 2.45) is 0 Å². The van der Waals surface area contributed by atoms with Gasteiger partial charge in [-0.25, -0.2) is 0 Å². The average molecular weight is 387 g/mol. The van der Waals surface area contributed by atoms with Crippen LogP contribution < -0.4 is 10.2 Å². The Morgan fingerprint density at radius 2 is 1.93 bits per heavy atom. The van der Waals surface area contributed by atoms with Crippen LogP contribution in [-0.2, 0) is 10.3 Å². The zero-order valence-electron chi connectivity index (χ0n) is 15.8. The summed E-state index contributed by atoms with van der Waals surface area (Å²) in [5.41, 5.74) is -2.12. The number of benzene rings is 1. The predicted octanol–water partition coefficient (Wildman–Crippen LogP) is 1.96. The van der Waals surface area contributed by atoms with E-state index in [-0.39, 0.29) is 11.6 Å². The van der Waals surface area contributed by atoms with Crippen molar-refractivity contribution in [3.63, 3.8) is 0 Å². The van der Waals surface area contributed by atoms with Crippen LogP contribution in [0.2, 0.25) is 0 Å². The molecule has 2 aliphatic heterocycles. The molecule has 3 rings (SSSR count). The highest BCUT2D eigenvalue weighted by molar-refractivity contribution is 5.50. The van der Waals surface area contributed by atoms with Crippen molar-refractivity contribution in [1.82, 2.24) is 10.2 Å². The van der Waals surface area contributed by atoms with Crippen LogP contribution in [0.3, 0.4) is 0 Å². The fourth-order valence-corrected chi connectivity index (χ4v) is 3.71. The lowest BCUT2D eigenvalue weighted by Gasteiger charge is -2.43. The molecule has 3 atom stereocenters. The molecule has 0 aliphatic carbocycles.